The van der Waals surface area contributed by atoms with E-state index in [0.717, 1.165) is 36.9 Å². The van der Waals surface area contributed by atoms with Crippen molar-refractivity contribution in [2.45, 2.75) is 51.3 Å². The summed E-state index contributed by atoms with van der Waals surface area (Å²) in [6.45, 7) is 2.39. The molecule has 1 aliphatic carbocycles. The first-order chi connectivity index (χ1) is 12.0. The van der Waals surface area contributed by atoms with Gasteiger partial charge in [-0.15, -0.1) is 0 Å². The molecule has 1 aliphatic rings. The number of anilines is 1. The number of urea groups is 1. The van der Waals surface area contributed by atoms with Gasteiger partial charge in [-0.05, 0) is 37.5 Å². The Morgan fingerprint density at radius 3 is 2.92 bits per heavy atom. The van der Waals surface area contributed by atoms with Crippen molar-refractivity contribution < 1.29 is 9.90 Å². The molecule has 134 valence electrons. The molecule has 0 saturated heterocycles. The molecule has 0 bridgehead atoms. The number of halogens is 1. The van der Waals surface area contributed by atoms with Crippen LogP contribution in [0, 0.1) is 6.92 Å². The largest absolute Gasteiger partial charge is 0.391 e. The summed E-state index contributed by atoms with van der Waals surface area (Å²) in [5.41, 5.74) is 1.82. The summed E-state index contributed by atoms with van der Waals surface area (Å²) >= 11 is 6.03. The summed E-state index contributed by atoms with van der Waals surface area (Å²) in [4.78, 5) is 12.3. The average molecular weight is 363 g/mol. The van der Waals surface area contributed by atoms with Crippen LogP contribution in [0.2, 0.25) is 5.02 Å². The van der Waals surface area contributed by atoms with Crippen molar-refractivity contribution in [1.29, 1.82) is 0 Å². The molecule has 1 aromatic carbocycles. The summed E-state index contributed by atoms with van der Waals surface area (Å²) in [6, 6.07) is 8.85. The second-order valence-corrected chi connectivity index (χ2v) is 6.95. The molecule has 0 spiro atoms. The highest BCUT2D eigenvalue weighted by Crippen LogP contribution is 2.19. The van der Waals surface area contributed by atoms with Gasteiger partial charge in [0.15, 0.2) is 0 Å². The predicted octanol–water partition coefficient (Wildman–Crippen LogP) is 3.32. The van der Waals surface area contributed by atoms with Crippen LogP contribution in [0.3, 0.4) is 0 Å². The third-order valence-electron chi connectivity index (χ3n) is 4.41. The molecule has 0 aliphatic heterocycles. The lowest BCUT2D eigenvalue weighted by Gasteiger charge is -2.28. The molecule has 25 heavy (non-hydrogen) atoms. The minimum atomic E-state index is -0.474. The number of nitrogens with zero attached hydrogens (tertiary/aromatic N) is 2. The monoisotopic (exact) mass is 362 g/mol. The molecule has 1 heterocycles. The van der Waals surface area contributed by atoms with E-state index in [-0.39, 0.29) is 12.1 Å². The van der Waals surface area contributed by atoms with Crippen LogP contribution >= 0.6 is 11.6 Å². The Hall–Kier alpha value is -2.05. The normalized spacial score (nSPS) is 20.3. The van der Waals surface area contributed by atoms with E-state index in [9.17, 15) is 9.90 Å². The van der Waals surface area contributed by atoms with E-state index in [4.69, 9.17) is 11.6 Å². The fraction of sp³-hybridized carbons (Fsp3) is 0.444. The van der Waals surface area contributed by atoms with Gasteiger partial charge in [0.2, 0.25) is 0 Å². The van der Waals surface area contributed by atoms with E-state index in [1.165, 1.54) is 0 Å². The van der Waals surface area contributed by atoms with Crippen molar-refractivity contribution in [3.8, 4) is 0 Å². The standard InChI is InChI=1S/C18H23ClN4O2/c1-12-9-17(21-18(25)20-15-7-2-3-8-16(15)24)23(22-12)11-13-5-4-6-14(19)10-13/h4-6,9-10,15-16,24H,2-3,7-8,11H2,1H3,(H2,20,21,25)/t15-,16-/m1/s1. The van der Waals surface area contributed by atoms with E-state index in [2.05, 4.69) is 15.7 Å². The summed E-state index contributed by atoms with van der Waals surface area (Å²) in [7, 11) is 0. The summed E-state index contributed by atoms with van der Waals surface area (Å²) < 4.78 is 1.73. The van der Waals surface area contributed by atoms with Crippen molar-refractivity contribution in [2.75, 3.05) is 5.32 Å². The number of hydrogen-bond acceptors (Lipinski definition) is 3. The van der Waals surface area contributed by atoms with Crippen molar-refractivity contribution in [3.05, 3.63) is 46.6 Å². The van der Waals surface area contributed by atoms with Crippen LogP contribution < -0.4 is 10.6 Å². The number of aliphatic hydroxyl groups is 1. The van der Waals surface area contributed by atoms with Gasteiger partial charge in [-0.2, -0.15) is 5.10 Å². The number of amides is 2. The Balaban J connectivity index is 1.67. The minimum Gasteiger partial charge on any atom is -0.391 e. The van der Waals surface area contributed by atoms with E-state index in [1.54, 1.807) is 4.68 Å². The molecule has 3 rings (SSSR count). The van der Waals surface area contributed by atoms with Crippen molar-refractivity contribution in [3.63, 3.8) is 0 Å². The van der Waals surface area contributed by atoms with Crippen molar-refractivity contribution in [1.82, 2.24) is 15.1 Å². The van der Waals surface area contributed by atoms with Crippen LogP contribution in [-0.4, -0.2) is 33.1 Å². The molecule has 7 heteroatoms. The number of aryl methyl sites for hydroxylation is 1. The lowest BCUT2D eigenvalue weighted by atomic mass is 9.93. The van der Waals surface area contributed by atoms with E-state index in [1.807, 2.05) is 37.3 Å². The van der Waals surface area contributed by atoms with Crippen LogP contribution in [0.5, 0.6) is 0 Å². The van der Waals surface area contributed by atoms with E-state index < -0.39 is 6.10 Å². The third kappa shape index (κ3) is 4.74. The number of carbonyl (C=O) groups is 1. The highest BCUT2D eigenvalue weighted by molar-refractivity contribution is 6.30. The minimum absolute atomic E-state index is 0.195. The zero-order chi connectivity index (χ0) is 17.8. The fourth-order valence-electron chi connectivity index (χ4n) is 3.18. The predicted molar refractivity (Wildman–Crippen MR) is 97.9 cm³/mol. The van der Waals surface area contributed by atoms with Gasteiger partial charge < -0.3 is 10.4 Å². The Morgan fingerprint density at radius 1 is 1.36 bits per heavy atom. The molecule has 0 unspecified atom stereocenters. The number of aliphatic hydroxyl groups excluding tert-OH is 1. The number of hydrogen-bond donors (Lipinski definition) is 3. The molecule has 0 radical (unpaired) electrons. The van der Waals surface area contributed by atoms with Gasteiger partial charge in [-0.25, -0.2) is 9.48 Å². The molecular formula is C18H23ClN4O2. The average Bonchev–Trinajstić information content (AvgIpc) is 2.89. The first kappa shape index (κ1) is 17.8. The van der Waals surface area contributed by atoms with Gasteiger partial charge in [0.05, 0.1) is 24.4 Å². The van der Waals surface area contributed by atoms with Crippen LogP contribution in [0.1, 0.15) is 36.9 Å². The maximum Gasteiger partial charge on any atom is 0.320 e. The number of benzene rings is 1. The fourth-order valence-corrected chi connectivity index (χ4v) is 3.39. The number of carbonyl (C=O) groups excluding carboxylic acids is 1. The second-order valence-electron chi connectivity index (χ2n) is 6.52. The van der Waals surface area contributed by atoms with Crippen molar-refractivity contribution >= 4 is 23.4 Å². The highest BCUT2D eigenvalue weighted by atomic mass is 35.5. The number of rotatable bonds is 4. The first-order valence-electron chi connectivity index (χ1n) is 8.56. The maximum atomic E-state index is 12.3. The molecule has 2 atom stereocenters. The van der Waals surface area contributed by atoms with Gasteiger partial charge in [-0.1, -0.05) is 36.6 Å². The molecule has 1 fully saturated rings. The molecule has 6 nitrogen and oxygen atoms in total. The Labute approximate surface area is 152 Å². The highest BCUT2D eigenvalue weighted by Gasteiger charge is 2.24. The van der Waals surface area contributed by atoms with E-state index >= 15 is 0 Å². The summed E-state index contributed by atoms with van der Waals surface area (Å²) in [6.07, 6.45) is 3.09. The Morgan fingerprint density at radius 2 is 2.16 bits per heavy atom. The molecule has 1 saturated carbocycles. The topological polar surface area (TPSA) is 79.2 Å². The maximum absolute atomic E-state index is 12.3. The Kier molecular flexibility index (Phi) is 5.60. The second kappa shape index (κ2) is 7.89. The van der Waals surface area contributed by atoms with Gasteiger partial charge in [0.1, 0.15) is 5.82 Å². The third-order valence-corrected chi connectivity index (χ3v) is 4.65. The van der Waals surface area contributed by atoms with Gasteiger partial charge in [0, 0.05) is 11.1 Å². The van der Waals surface area contributed by atoms with Gasteiger partial charge >= 0.3 is 6.03 Å². The summed E-state index contributed by atoms with van der Waals surface area (Å²) in [5.74, 6) is 0.611. The van der Waals surface area contributed by atoms with Gasteiger partial charge in [-0.3, -0.25) is 5.32 Å². The van der Waals surface area contributed by atoms with E-state index in [0.29, 0.717) is 17.4 Å². The molecule has 2 amide bonds. The molecule has 2 aromatic rings. The SMILES string of the molecule is Cc1cc(NC(=O)N[C@@H]2CCCC[C@H]2O)n(Cc2cccc(Cl)c2)n1. The van der Waals surface area contributed by atoms with Gasteiger partial charge in [0.25, 0.3) is 0 Å². The Bertz CT molecular complexity index is 746. The van der Waals surface area contributed by atoms with Crippen LogP contribution in [-0.2, 0) is 6.54 Å². The van der Waals surface area contributed by atoms with Crippen LogP contribution in [0.25, 0.3) is 0 Å². The molecular weight excluding hydrogens is 340 g/mol. The summed E-state index contributed by atoms with van der Waals surface area (Å²) in [5, 5.41) is 20.8. The van der Waals surface area contributed by atoms with Crippen LogP contribution in [0.4, 0.5) is 10.6 Å². The zero-order valence-corrected chi connectivity index (χ0v) is 15.0. The van der Waals surface area contributed by atoms with Crippen LogP contribution in [0.15, 0.2) is 30.3 Å². The smallest absolute Gasteiger partial charge is 0.320 e. The molecule has 3 N–H and O–H groups in total. The van der Waals surface area contributed by atoms with Crippen molar-refractivity contribution in [2.24, 2.45) is 0 Å². The lowest BCUT2D eigenvalue weighted by molar-refractivity contribution is 0.0955. The lowest BCUT2D eigenvalue weighted by Crippen LogP contribution is -2.46. The quantitative estimate of drug-likeness (QED) is 0.780. The first-order valence-corrected chi connectivity index (χ1v) is 8.93. The molecule has 1 aromatic heterocycles. The number of aromatic nitrogens is 2. The number of nitrogens with one attached hydrogen (secondary N) is 2. The zero-order valence-electron chi connectivity index (χ0n) is 14.2.